The van der Waals surface area contributed by atoms with Crippen molar-refractivity contribution in [3.8, 4) is 0 Å². The van der Waals surface area contributed by atoms with Crippen molar-refractivity contribution in [2.45, 2.75) is 32.6 Å². The zero-order valence-corrected chi connectivity index (χ0v) is 6.14. The number of fused-ring (bicyclic) bond motifs is 2. The summed E-state index contributed by atoms with van der Waals surface area (Å²) in [5.41, 5.74) is 0. The molecule has 0 heterocycles. The molecule has 2 aliphatic carbocycles. The van der Waals surface area contributed by atoms with Crippen LogP contribution in [0.1, 0.15) is 32.6 Å². The molecule has 3 unspecified atom stereocenters. The third-order valence-corrected chi connectivity index (χ3v) is 3.17. The number of rotatable bonds is 1. The Balaban J connectivity index is 2.01. The normalized spacial score (nSPS) is 48.3. The maximum Gasteiger partial charge on any atom is -0.0352 e. The van der Waals surface area contributed by atoms with Gasteiger partial charge in [-0.2, -0.15) is 0 Å². The van der Waals surface area contributed by atoms with Crippen molar-refractivity contribution in [2.24, 2.45) is 17.8 Å². The van der Waals surface area contributed by atoms with E-state index in [1.807, 2.05) is 0 Å². The fraction of sp³-hybridized carbons (Fsp3) is 0.889. The Bertz CT molecular complexity index is 107. The van der Waals surface area contributed by atoms with E-state index in [4.69, 9.17) is 0 Å². The first-order valence-corrected chi connectivity index (χ1v) is 4.23. The van der Waals surface area contributed by atoms with Crippen molar-refractivity contribution in [3.05, 3.63) is 6.42 Å². The zero-order valence-electron chi connectivity index (χ0n) is 6.14. The average Bonchev–Trinajstić information content (AvgIpc) is 2.45. The highest BCUT2D eigenvalue weighted by Crippen LogP contribution is 2.48. The summed E-state index contributed by atoms with van der Waals surface area (Å²) in [6, 6.07) is 0. The minimum Gasteiger partial charge on any atom is -0.0651 e. The second kappa shape index (κ2) is 2.00. The molecule has 1 radical (unpaired) electrons. The summed E-state index contributed by atoms with van der Waals surface area (Å²) < 4.78 is 0. The van der Waals surface area contributed by atoms with Crippen LogP contribution in [-0.2, 0) is 0 Å². The van der Waals surface area contributed by atoms with E-state index in [1.54, 1.807) is 0 Å². The fourth-order valence-electron chi connectivity index (χ4n) is 2.61. The van der Waals surface area contributed by atoms with Crippen molar-refractivity contribution in [1.29, 1.82) is 0 Å². The van der Waals surface area contributed by atoms with Crippen LogP contribution in [-0.4, -0.2) is 0 Å². The monoisotopic (exact) mass is 123 g/mol. The van der Waals surface area contributed by atoms with Gasteiger partial charge in [0.15, 0.2) is 0 Å². The molecule has 2 rings (SSSR count). The first-order valence-electron chi connectivity index (χ1n) is 4.23. The molecule has 0 aromatic heterocycles. The highest BCUT2D eigenvalue weighted by molar-refractivity contribution is 4.98. The summed E-state index contributed by atoms with van der Waals surface area (Å²) in [6.07, 6.45) is 8.44. The lowest BCUT2D eigenvalue weighted by Gasteiger charge is -2.18. The summed E-state index contributed by atoms with van der Waals surface area (Å²) in [7, 11) is 0. The van der Waals surface area contributed by atoms with E-state index < -0.39 is 0 Å². The lowest BCUT2D eigenvalue weighted by molar-refractivity contribution is 0.359. The van der Waals surface area contributed by atoms with Crippen LogP contribution in [0.3, 0.4) is 0 Å². The average molecular weight is 123 g/mol. The molecule has 51 valence electrons. The Morgan fingerprint density at radius 3 is 2.67 bits per heavy atom. The Hall–Kier alpha value is 0. The van der Waals surface area contributed by atoms with E-state index in [1.165, 1.54) is 25.7 Å². The third kappa shape index (κ3) is 0.798. The number of hydrogen-bond donors (Lipinski definition) is 0. The molecule has 0 nitrogen and oxygen atoms in total. The van der Waals surface area contributed by atoms with Gasteiger partial charge in [-0.1, -0.05) is 13.3 Å². The lowest BCUT2D eigenvalue weighted by Crippen LogP contribution is -2.08. The minimum absolute atomic E-state index is 1.03. The van der Waals surface area contributed by atoms with Crippen molar-refractivity contribution in [3.63, 3.8) is 0 Å². The predicted molar refractivity (Wildman–Crippen MR) is 38.9 cm³/mol. The summed E-state index contributed by atoms with van der Waals surface area (Å²) in [6.45, 7) is 2.34. The van der Waals surface area contributed by atoms with Crippen molar-refractivity contribution in [2.75, 3.05) is 0 Å². The van der Waals surface area contributed by atoms with Gasteiger partial charge in [0.1, 0.15) is 0 Å². The molecular weight excluding hydrogens is 108 g/mol. The molecule has 0 aliphatic heterocycles. The van der Waals surface area contributed by atoms with E-state index in [0.717, 1.165) is 17.8 Å². The predicted octanol–water partition coefficient (Wildman–Crippen LogP) is 2.65. The molecule has 0 aromatic rings. The van der Waals surface area contributed by atoms with Gasteiger partial charge < -0.3 is 0 Å². The summed E-state index contributed by atoms with van der Waals surface area (Å²) >= 11 is 0. The largest absolute Gasteiger partial charge is 0.0651 e. The standard InChI is InChI=1S/C9H15/c1-2-8-5-7-3-4-9(8)6-7/h3,7-9H,2,4-6H2,1H3. The Kier molecular flexibility index (Phi) is 1.28. The van der Waals surface area contributed by atoms with Crippen LogP contribution in [0.15, 0.2) is 0 Å². The molecule has 2 aliphatic rings. The molecule has 2 bridgehead atoms. The van der Waals surface area contributed by atoms with Crippen molar-refractivity contribution >= 4 is 0 Å². The minimum atomic E-state index is 1.03. The molecule has 0 aromatic carbocycles. The van der Waals surface area contributed by atoms with Crippen LogP contribution >= 0.6 is 0 Å². The molecule has 0 heteroatoms. The quantitative estimate of drug-likeness (QED) is 0.503. The highest BCUT2D eigenvalue weighted by Gasteiger charge is 2.38. The second-order valence-corrected chi connectivity index (χ2v) is 3.63. The van der Waals surface area contributed by atoms with Crippen LogP contribution < -0.4 is 0 Å². The van der Waals surface area contributed by atoms with E-state index >= 15 is 0 Å². The van der Waals surface area contributed by atoms with Crippen LogP contribution in [0.4, 0.5) is 0 Å². The van der Waals surface area contributed by atoms with Gasteiger partial charge >= 0.3 is 0 Å². The van der Waals surface area contributed by atoms with E-state index in [2.05, 4.69) is 13.3 Å². The van der Waals surface area contributed by atoms with Gasteiger partial charge in [0.05, 0.1) is 0 Å². The Labute approximate surface area is 57.6 Å². The summed E-state index contributed by atoms with van der Waals surface area (Å²) in [5, 5.41) is 0. The van der Waals surface area contributed by atoms with Gasteiger partial charge in [-0.15, -0.1) is 0 Å². The van der Waals surface area contributed by atoms with Gasteiger partial charge in [-0.25, -0.2) is 0 Å². The van der Waals surface area contributed by atoms with E-state index in [9.17, 15) is 0 Å². The molecule has 0 amide bonds. The molecular formula is C9H15. The van der Waals surface area contributed by atoms with Crippen LogP contribution in [0.2, 0.25) is 0 Å². The Morgan fingerprint density at radius 2 is 2.33 bits per heavy atom. The molecule has 3 atom stereocenters. The third-order valence-electron chi connectivity index (χ3n) is 3.17. The van der Waals surface area contributed by atoms with E-state index in [0.29, 0.717) is 0 Å². The maximum absolute atomic E-state index is 2.54. The van der Waals surface area contributed by atoms with Gasteiger partial charge in [0, 0.05) is 0 Å². The van der Waals surface area contributed by atoms with Crippen LogP contribution in [0.5, 0.6) is 0 Å². The van der Waals surface area contributed by atoms with Gasteiger partial charge in [0.25, 0.3) is 0 Å². The summed E-state index contributed by atoms with van der Waals surface area (Å²) in [4.78, 5) is 0. The summed E-state index contributed by atoms with van der Waals surface area (Å²) in [5.74, 6) is 3.22. The lowest BCUT2D eigenvalue weighted by atomic mass is 9.87. The molecule has 2 fully saturated rings. The molecule has 0 N–H and O–H groups in total. The van der Waals surface area contributed by atoms with Gasteiger partial charge in [-0.05, 0) is 43.4 Å². The zero-order chi connectivity index (χ0) is 6.27. The second-order valence-electron chi connectivity index (χ2n) is 3.63. The van der Waals surface area contributed by atoms with Gasteiger partial charge in [0.2, 0.25) is 0 Å². The highest BCUT2D eigenvalue weighted by atomic mass is 14.4. The SMILES string of the molecule is CCC1CC2[CH]CC1C2. The Morgan fingerprint density at radius 1 is 1.44 bits per heavy atom. The molecule has 0 spiro atoms. The first-order chi connectivity index (χ1) is 4.40. The van der Waals surface area contributed by atoms with Crippen molar-refractivity contribution < 1.29 is 0 Å². The topological polar surface area (TPSA) is 0 Å². The van der Waals surface area contributed by atoms with E-state index in [-0.39, 0.29) is 0 Å². The number of hydrogen-bond acceptors (Lipinski definition) is 0. The molecule has 9 heavy (non-hydrogen) atoms. The van der Waals surface area contributed by atoms with Gasteiger partial charge in [-0.3, -0.25) is 0 Å². The first kappa shape index (κ1) is 5.76. The molecule has 2 saturated carbocycles. The van der Waals surface area contributed by atoms with Crippen LogP contribution in [0.25, 0.3) is 0 Å². The van der Waals surface area contributed by atoms with Crippen molar-refractivity contribution in [1.82, 2.24) is 0 Å². The van der Waals surface area contributed by atoms with Crippen LogP contribution in [0, 0.1) is 24.2 Å². The maximum atomic E-state index is 2.54. The smallest absolute Gasteiger partial charge is 0.0352 e. The molecule has 0 saturated heterocycles. The fourth-order valence-corrected chi connectivity index (χ4v) is 2.61.